The molecule has 1 aromatic rings. The maximum atomic E-state index is 12.8. The molecule has 2 unspecified atom stereocenters. The number of nitrogen functional groups attached to an aromatic ring is 1. The number of aromatic amines is 1. The largest absolute Gasteiger partial charge is 0.481 e. The Morgan fingerprint density at radius 2 is 1.78 bits per heavy atom. The lowest BCUT2D eigenvalue weighted by Gasteiger charge is -2.40. The number of rotatable bonds is 9. The number of esters is 1. The number of fused-ring (bicyclic) bond motifs is 1. The maximum Gasteiger partial charge on any atom is 0.306 e. The Morgan fingerprint density at radius 1 is 1.16 bits per heavy atom. The van der Waals surface area contributed by atoms with Gasteiger partial charge in [-0.1, -0.05) is 27.7 Å². The number of nitrogens with one attached hydrogen (secondary N) is 2. The molecule has 1 amide bonds. The van der Waals surface area contributed by atoms with Crippen molar-refractivity contribution in [3.63, 3.8) is 0 Å². The number of carbonyl (C=O) groups is 3. The summed E-state index contributed by atoms with van der Waals surface area (Å²) >= 11 is 0. The minimum atomic E-state index is -0.711. The number of H-pyrrole nitrogens is 1. The van der Waals surface area contributed by atoms with Gasteiger partial charge in [0, 0.05) is 25.8 Å². The molecule has 0 spiro atoms. The van der Waals surface area contributed by atoms with Crippen LogP contribution in [0.25, 0.3) is 0 Å². The lowest BCUT2D eigenvalue weighted by atomic mass is 10.0. The lowest BCUT2D eigenvalue weighted by molar-refractivity contribution is -0.150. The van der Waals surface area contributed by atoms with Crippen molar-refractivity contribution in [2.24, 2.45) is 0 Å². The summed E-state index contributed by atoms with van der Waals surface area (Å²) in [6.45, 7) is 7.82. The van der Waals surface area contributed by atoms with E-state index in [1.54, 1.807) is 0 Å². The Kier molecular flexibility index (Phi) is 11.2. The molecule has 2 atom stereocenters. The first-order chi connectivity index (χ1) is 15.2. The van der Waals surface area contributed by atoms with Crippen LogP contribution < -0.4 is 21.5 Å². The molecule has 0 radical (unpaired) electrons. The van der Waals surface area contributed by atoms with Crippen LogP contribution >= 0.6 is 0 Å². The van der Waals surface area contributed by atoms with E-state index >= 15 is 0 Å². The van der Waals surface area contributed by atoms with Crippen molar-refractivity contribution >= 4 is 35.3 Å². The third-order valence-electron chi connectivity index (χ3n) is 4.73. The van der Waals surface area contributed by atoms with Crippen LogP contribution in [0.4, 0.5) is 17.5 Å². The van der Waals surface area contributed by atoms with Crippen molar-refractivity contribution in [2.45, 2.75) is 84.8 Å². The van der Waals surface area contributed by atoms with Gasteiger partial charge in [-0.05, 0) is 25.7 Å². The number of aromatic nitrogens is 2. The molecule has 11 nitrogen and oxygen atoms in total. The van der Waals surface area contributed by atoms with Crippen LogP contribution in [0.1, 0.15) is 72.6 Å². The molecule has 0 fully saturated rings. The van der Waals surface area contributed by atoms with Crippen LogP contribution in [0.15, 0.2) is 4.79 Å². The van der Waals surface area contributed by atoms with Gasteiger partial charge in [-0.25, -0.2) is 0 Å². The molecule has 2 rings (SSSR count). The Morgan fingerprint density at radius 3 is 2.28 bits per heavy atom. The summed E-state index contributed by atoms with van der Waals surface area (Å²) in [5.74, 6) is -0.983. The molecule has 0 aromatic carbocycles. The number of carboxylic acid groups (broad SMARTS) is 1. The minimum Gasteiger partial charge on any atom is -0.481 e. The van der Waals surface area contributed by atoms with Gasteiger partial charge in [-0.3, -0.25) is 29.1 Å². The van der Waals surface area contributed by atoms with E-state index in [0.717, 1.165) is 6.42 Å². The number of carbonyl (C=O) groups excluding carboxylic acids is 2. The highest BCUT2D eigenvalue weighted by molar-refractivity contribution is 5.97. The zero-order chi connectivity index (χ0) is 24.3. The van der Waals surface area contributed by atoms with Crippen LogP contribution in [0.5, 0.6) is 0 Å². The molecule has 1 aliphatic rings. The molecule has 2 heterocycles. The third-order valence-corrected chi connectivity index (χ3v) is 4.73. The predicted molar refractivity (Wildman–Crippen MR) is 122 cm³/mol. The average Bonchev–Trinajstić information content (AvgIpc) is 2.72. The van der Waals surface area contributed by atoms with Crippen molar-refractivity contribution in [3.8, 4) is 0 Å². The molecule has 5 N–H and O–H groups in total. The van der Waals surface area contributed by atoms with Gasteiger partial charge >= 0.3 is 11.9 Å². The van der Waals surface area contributed by atoms with Crippen LogP contribution in [0.2, 0.25) is 0 Å². The average molecular weight is 454 g/mol. The predicted octanol–water partition coefficient (Wildman–Crippen LogP) is 2.27. The van der Waals surface area contributed by atoms with Crippen LogP contribution in [0.3, 0.4) is 0 Å². The molecule has 11 heteroatoms. The highest BCUT2D eigenvalue weighted by Crippen LogP contribution is 2.30. The van der Waals surface area contributed by atoms with Gasteiger partial charge in [0.1, 0.15) is 6.10 Å². The summed E-state index contributed by atoms with van der Waals surface area (Å²) in [6, 6.07) is -0.487. The standard InChI is InChI=1S/C17H27N5O4.C4H8O2/c1-4-7-12(23)22-10(11(6-3)26-13(24)8-5-2)9-19-15-14(22)16(25)21-17(18)20-15;1-2-3-4(5)6/h10-11H,4-9H2,1-3H3,(H4,18,19,20,21,25);2-3H2,1H3,(H,5,6). The molecule has 32 heavy (non-hydrogen) atoms. The summed E-state index contributed by atoms with van der Waals surface area (Å²) in [5, 5.41) is 11.0. The Labute approximate surface area is 187 Å². The van der Waals surface area contributed by atoms with Crippen molar-refractivity contribution in [2.75, 3.05) is 22.5 Å². The number of ether oxygens (including phenoxy) is 1. The molecule has 1 aliphatic heterocycles. The quantitative estimate of drug-likeness (QED) is 0.410. The van der Waals surface area contributed by atoms with Crippen LogP contribution in [-0.2, 0) is 19.1 Å². The molecule has 0 saturated heterocycles. The van der Waals surface area contributed by atoms with Gasteiger partial charge < -0.3 is 20.9 Å². The second kappa shape index (κ2) is 13.3. The number of anilines is 3. The fraction of sp³-hybridized carbons (Fsp3) is 0.667. The van der Waals surface area contributed by atoms with E-state index in [2.05, 4.69) is 15.3 Å². The van der Waals surface area contributed by atoms with Gasteiger partial charge in [0.25, 0.3) is 5.56 Å². The minimum absolute atomic E-state index is 0.0241. The normalized spacial score (nSPS) is 15.5. The Balaban J connectivity index is 0.000000751. The summed E-state index contributed by atoms with van der Waals surface area (Å²) in [6.07, 6.45) is 2.93. The molecular formula is C21H35N5O6. The van der Waals surface area contributed by atoms with Gasteiger partial charge in [0.05, 0.1) is 6.04 Å². The van der Waals surface area contributed by atoms with Gasteiger partial charge in [-0.2, -0.15) is 4.98 Å². The first kappa shape index (κ1) is 26.9. The first-order valence-electron chi connectivity index (χ1n) is 11.1. The smallest absolute Gasteiger partial charge is 0.306 e. The van der Waals surface area contributed by atoms with E-state index in [4.69, 9.17) is 15.6 Å². The van der Waals surface area contributed by atoms with Gasteiger partial charge in [0.15, 0.2) is 11.5 Å². The van der Waals surface area contributed by atoms with Gasteiger partial charge in [-0.15, -0.1) is 0 Å². The summed E-state index contributed by atoms with van der Waals surface area (Å²) in [5.41, 5.74) is 5.23. The summed E-state index contributed by atoms with van der Waals surface area (Å²) in [4.78, 5) is 54.8. The van der Waals surface area contributed by atoms with E-state index in [1.165, 1.54) is 4.90 Å². The van der Waals surface area contributed by atoms with Crippen molar-refractivity contribution < 1.29 is 24.2 Å². The van der Waals surface area contributed by atoms with E-state index in [9.17, 15) is 19.2 Å². The molecule has 1 aromatic heterocycles. The van der Waals surface area contributed by atoms with E-state index < -0.39 is 23.7 Å². The molecule has 0 aliphatic carbocycles. The molecule has 0 saturated carbocycles. The number of carboxylic acids is 1. The Hall–Kier alpha value is -3.11. The second-order valence-electron chi connectivity index (χ2n) is 7.44. The molecule has 180 valence electrons. The van der Waals surface area contributed by atoms with Crippen molar-refractivity contribution in [1.82, 2.24) is 9.97 Å². The number of hydrogen-bond acceptors (Lipinski definition) is 8. The number of aliphatic carboxylic acids is 1. The number of nitrogens with two attached hydrogens (primary N) is 1. The number of hydrogen-bond donors (Lipinski definition) is 4. The molecule has 0 bridgehead atoms. The zero-order valence-electron chi connectivity index (χ0n) is 19.3. The highest BCUT2D eigenvalue weighted by Gasteiger charge is 2.39. The van der Waals surface area contributed by atoms with Crippen LogP contribution in [-0.4, -0.2) is 51.6 Å². The maximum absolute atomic E-state index is 12.8. The van der Waals surface area contributed by atoms with E-state index in [-0.39, 0.29) is 35.8 Å². The van der Waals surface area contributed by atoms with E-state index in [0.29, 0.717) is 38.6 Å². The topological polar surface area (TPSA) is 168 Å². The summed E-state index contributed by atoms with van der Waals surface area (Å²) < 4.78 is 5.59. The van der Waals surface area contributed by atoms with E-state index in [1.807, 2.05) is 27.7 Å². The second-order valence-corrected chi connectivity index (χ2v) is 7.44. The number of nitrogens with zero attached hydrogens (tertiary/aromatic N) is 2. The monoisotopic (exact) mass is 453 g/mol. The summed E-state index contributed by atoms with van der Waals surface area (Å²) in [7, 11) is 0. The highest BCUT2D eigenvalue weighted by atomic mass is 16.5. The van der Waals surface area contributed by atoms with Gasteiger partial charge in [0.2, 0.25) is 11.9 Å². The number of amides is 1. The van der Waals surface area contributed by atoms with Crippen molar-refractivity contribution in [3.05, 3.63) is 10.4 Å². The lowest BCUT2D eigenvalue weighted by Crippen LogP contribution is -2.56. The molecular weight excluding hydrogens is 418 g/mol. The first-order valence-corrected chi connectivity index (χ1v) is 11.1. The third kappa shape index (κ3) is 7.54. The van der Waals surface area contributed by atoms with Crippen molar-refractivity contribution in [1.29, 1.82) is 0 Å². The fourth-order valence-electron chi connectivity index (χ4n) is 3.31. The SMILES string of the molecule is CCCC(=O)O.CCCC(=O)OC(CC)C1CNc2nc(N)[nH]c(=O)c2N1C(=O)CCC. The fourth-order valence-corrected chi connectivity index (χ4v) is 3.31. The zero-order valence-corrected chi connectivity index (χ0v) is 19.3. The van der Waals surface area contributed by atoms with Crippen LogP contribution in [0, 0.1) is 0 Å². The Bertz CT molecular complexity index is 840.